The van der Waals surface area contributed by atoms with Gasteiger partial charge in [-0.05, 0) is 25.3 Å². The molecule has 1 atom stereocenters. The number of benzene rings is 1. The van der Waals surface area contributed by atoms with Crippen LogP contribution in [0.15, 0.2) is 24.3 Å². The lowest BCUT2D eigenvalue weighted by molar-refractivity contribution is -0.159. The van der Waals surface area contributed by atoms with E-state index in [0.29, 0.717) is 18.1 Å². The van der Waals surface area contributed by atoms with Gasteiger partial charge in [-0.1, -0.05) is 32.0 Å². The summed E-state index contributed by atoms with van der Waals surface area (Å²) in [7, 11) is 0. The van der Waals surface area contributed by atoms with Crippen LogP contribution in [-0.4, -0.2) is 31.2 Å². The van der Waals surface area contributed by atoms with Crippen molar-refractivity contribution in [3.05, 3.63) is 35.6 Å². The van der Waals surface area contributed by atoms with E-state index in [0.717, 1.165) is 6.42 Å². The lowest BCUT2D eigenvalue weighted by atomic mass is 10.1. The normalized spacial score (nSPS) is 12.0. The highest BCUT2D eigenvalue weighted by Gasteiger charge is 2.16. The zero-order valence-electron chi connectivity index (χ0n) is 13.8. The quantitative estimate of drug-likeness (QED) is 0.708. The highest BCUT2D eigenvalue weighted by Crippen LogP contribution is 2.05. The van der Waals surface area contributed by atoms with Crippen molar-refractivity contribution in [3.8, 4) is 0 Å². The standard InChI is InChI=1S/C17H24FNO4/c1-12(2)8-9-22-13(3)17(21)23-11-16(20)19-10-14-6-4-5-7-15(14)18/h4-7,12-13H,8-11H2,1-3H3,(H,19,20). The summed E-state index contributed by atoms with van der Waals surface area (Å²) in [6.45, 7) is 5.81. The zero-order chi connectivity index (χ0) is 17.2. The fourth-order valence-electron chi connectivity index (χ4n) is 1.69. The summed E-state index contributed by atoms with van der Waals surface area (Å²) in [5, 5.41) is 2.50. The first-order chi connectivity index (χ1) is 10.9. The van der Waals surface area contributed by atoms with Crippen molar-refractivity contribution in [2.45, 2.75) is 39.8 Å². The highest BCUT2D eigenvalue weighted by atomic mass is 19.1. The number of ether oxygens (including phenoxy) is 2. The summed E-state index contributed by atoms with van der Waals surface area (Å²) in [6, 6.07) is 6.15. The van der Waals surface area contributed by atoms with Crippen molar-refractivity contribution < 1.29 is 23.5 Å². The number of hydrogen-bond donors (Lipinski definition) is 1. The van der Waals surface area contributed by atoms with Crippen LogP contribution in [0.5, 0.6) is 0 Å². The van der Waals surface area contributed by atoms with Crippen molar-refractivity contribution in [1.82, 2.24) is 5.32 Å². The molecule has 1 rings (SSSR count). The van der Waals surface area contributed by atoms with Crippen LogP contribution in [-0.2, 0) is 25.6 Å². The molecule has 0 fully saturated rings. The van der Waals surface area contributed by atoms with Crippen molar-refractivity contribution in [1.29, 1.82) is 0 Å². The average molecular weight is 325 g/mol. The number of amides is 1. The van der Waals surface area contributed by atoms with Crippen LogP contribution in [0.1, 0.15) is 32.8 Å². The Kier molecular flexibility index (Phi) is 8.26. The van der Waals surface area contributed by atoms with Gasteiger partial charge in [-0.3, -0.25) is 4.79 Å². The molecule has 0 aliphatic carbocycles. The fraction of sp³-hybridized carbons (Fsp3) is 0.529. The van der Waals surface area contributed by atoms with Crippen LogP contribution in [0.2, 0.25) is 0 Å². The third kappa shape index (κ3) is 7.74. The Morgan fingerprint density at radius 2 is 1.91 bits per heavy atom. The molecule has 0 saturated heterocycles. The molecule has 0 aliphatic rings. The van der Waals surface area contributed by atoms with Gasteiger partial charge < -0.3 is 14.8 Å². The van der Waals surface area contributed by atoms with Crippen LogP contribution in [0.3, 0.4) is 0 Å². The third-order valence-electron chi connectivity index (χ3n) is 3.17. The van der Waals surface area contributed by atoms with E-state index in [-0.39, 0.29) is 6.54 Å². The molecule has 1 aromatic carbocycles. The van der Waals surface area contributed by atoms with E-state index in [1.54, 1.807) is 25.1 Å². The molecule has 6 heteroatoms. The molecule has 128 valence electrons. The van der Waals surface area contributed by atoms with Gasteiger partial charge in [-0.25, -0.2) is 9.18 Å². The van der Waals surface area contributed by atoms with Gasteiger partial charge in [-0.15, -0.1) is 0 Å². The summed E-state index contributed by atoms with van der Waals surface area (Å²) in [5.41, 5.74) is 0.373. The van der Waals surface area contributed by atoms with Gasteiger partial charge in [0.2, 0.25) is 0 Å². The second kappa shape index (κ2) is 9.94. The second-order valence-electron chi connectivity index (χ2n) is 5.67. The Bertz CT molecular complexity index is 519. The topological polar surface area (TPSA) is 64.6 Å². The van der Waals surface area contributed by atoms with E-state index in [4.69, 9.17) is 9.47 Å². The molecule has 1 amide bonds. The van der Waals surface area contributed by atoms with Gasteiger partial charge in [0.05, 0.1) is 0 Å². The van der Waals surface area contributed by atoms with Crippen molar-refractivity contribution in [2.75, 3.05) is 13.2 Å². The molecule has 0 aromatic heterocycles. The molecule has 0 radical (unpaired) electrons. The van der Waals surface area contributed by atoms with Gasteiger partial charge in [0, 0.05) is 18.7 Å². The van der Waals surface area contributed by atoms with E-state index >= 15 is 0 Å². The van der Waals surface area contributed by atoms with E-state index in [1.807, 2.05) is 0 Å². The van der Waals surface area contributed by atoms with Crippen molar-refractivity contribution >= 4 is 11.9 Å². The Morgan fingerprint density at radius 3 is 2.57 bits per heavy atom. The van der Waals surface area contributed by atoms with Crippen LogP contribution >= 0.6 is 0 Å². The first kappa shape index (κ1) is 19.1. The SMILES string of the molecule is CC(C)CCOC(C)C(=O)OCC(=O)NCc1ccccc1F. The molecule has 0 heterocycles. The Labute approximate surface area is 136 Å². The molecular weight excluding hydrogens is 301 g/mol. The average Bonchev–Trinajstić information content (AvgIpc) is 2.51. The lowest BCUT2D eigenvalue weighted by Gasteiger charge is -2.13. The summed E-state index contributed by atoms with van der Waals surface area (Å²) in [5.74, 6) is -0.981. The lowest BCUT2D eigenvalue weighted by Crippen LogP contribution is -2.32. The zero-order valence-corrected chi connectivity index (χ0v) is 13.8. The Morgan fingerprint density at radius 1 is 1.22 bits per heavy atom. The minimum Gasteiger partial charge on any atom is -0.454 e. The summed E-state index contributed by atoms with van der Waals surface area (Å²) in [4.78, 5) is 23.3. The molecule has 0 bridgehead atoms. The second-order valence-corrected chi connectivity index (χ2v) is 5.67. The molecule has 1 aromatic rings. The molecule has 1 N–H and O–H groups in total. The van der Waals surface area contributed by atoms with E-state index in [9.17, 15) is 14.0 Å². The number of nitrogens with one attached hydrogen (secondary N) is 1. The highest BCUT2D eigenvalue weighted by molar-refractivity contribution is 5.81. The van der Waals surface area contributed by atoms with Gasteiger partial charge in [0.25, 0.3) is 5.91 Å². The van der Waals surface area contributed by atoms with Crippen LogP contribution < -0.4 is 5.32 Å². The Hall–Kier alpha value is -1.95. The number of halogens is 1. The van der Waals surface area contributed by atoms with Gasteiger partial charge in [0.15, 0.2) is 12.7 Å². The van der Waals surface area contributed by atoms with Crippen LogP contribution in [0, 0.1) is 11.7 Å². The molecule has 23 heavy (non-hydrogen) atoms. The number of carbonyl (C=O) groups is 2. The molecule has 0 aliphatic heterocycles. The first-order valence-corrected chi connectivity index (χ1v) is 7.68. The first-order valence-electron chi connectivity index (χ1n) is 7.68. The third-order valence-corrected chi connectivity index (χ3v) is 3.17. The maximum Gasteiger partial charge on any atom is 0.335 e. The minimum atomic E-state index is -0.715. The van der Waals surface area contributed by atoms with E-state index < -0.39 is 30.4 Å². The number of esters is 1. The summed E-state index contributed by atoms with van der Waals surface area (Å²) >= 11 is 0. The fourth-order valence-corrected chi connectivity index (χ4v) is 1.69. The molecule has 0 spiro atoms. The predicted molar refractivity (Wildman–Crippen MR) is 84.1 cm³/mol. The maximum atomic E-state index is 13.4. The maximum absolute atomic E-state index is 13.4. The van der Waals surface area contributed by atoms with Gasteiger partial charge >= 0.3 is 5.97 Å². The number of carbonyl (C=O) groups excluding carboxylic acids is 2. The van der Waals surface area contributed by atoms with E-state index in [1.165, 1.54) is 6.07 Å². The number of rotatable bonds is 9. The van der Waals surface area contributed by atoms with Crippen LogP contribution in [0.25, 0.3) is 0 Å². The Balaban J connectivity index is 2.24. The van der Waals surface area contributed by atoms with Gasteiger partial charge in [0.1, 0.15) is 5.82 Å². The van der Waals surface area contributed by atoms with Gasteiger partial charge in [-0.2, -0.15) is 0 Å². The largest absolute Gasteiger partial charge is 0.454 e. The monoisotopic (exact) mass is 325 g/mol. The molecule has 0 saturated carbocycles. The predicted octanol–water partition coefficient (Wildman–Crippen LogP) is 2.44. The molecule has 5 nitrogen and oxygen atoms in total. The smallest absolute Gasteiger partial charge is 0.335 e. The molecular formula is C17H24FNO4. The minimum absolute atomic E-state index is 0.0451. The van der Waals surface area contributed by atoms with Crippen LogP contribution in [0.4, 0.5) is 4.39 Å². The van der Waals surface area contributed by atoms with Crippen molar-refractivity contribution in [3.63, 3.8) is 0 Å². The summed E-state index contributed by atoms with van der Waals surface area (Å²) in [6.07, 6.45) is 0.133. The van der Waals surface area contributed by atoms with E-state index in [2.05, 4.69) is 19.2 Å². The van der Waals surface area contributed by atoms with Crippen molar-refractivity contribution in [2.24, 2.45) is 5.92 Å². The number of hydrogen-bond acceptors (Lipinski definition) is 4. The summed E-state index contributed by atoms with van der Waals surface area (Å²) < 4.78 is 23.6. The molecule has 1 unspecified atom stereocenters.